The van der Waals surface area contributed by atoms with E-state index in [1.165, 1.54) is 5.56 Å². The van der Waals surface area contributed by atoms with Gasteiger partial charge in [0.1, 0.15) is 5.75 Å². The lowest BCUT2D eigenvalue weighted by atomic mass is 10.1. The smallest absolute Gasteiger partial charge is 0.153 e. The summed E-state index contributed by atoms with van der Waals surface area (Å²) >= 11 is 5.97. The van der Waals surface area contributed by atoms with E-state index in [0.717, 1.165) is 35.6 Å². The molecule has 0 fully saturated rings. The monoisotopic (exact) mass is 376 g/mol. The number of hydrogen-bond donors (Lipinski definition) is 0. The van der Waals surface area contributed by atoms with Gasteiger partial charge in [-0.1, -0.05) is 54.1 Å². The van der Waals surface area contributed by atoms with Crippen LogP contribution in [-0.4, -0.2) is 9.55 Å². The molecule has 0 spiro atoms. The third-order valence-corrected chi connectivity index (χ3v) is 4.89. The number of benzene rings is 3. The SMILES string of the molecule is CC(Oc1ccc(Cl)cc1)c1nc2ccccc2n1CCc1ccccc1. The van der Waals surface area contributed by atoms with Crippen molar-refractivity contribution >= 4 is 22.6 Å². The fourth-order valence-corrected chi connectivity index (χ4v) is 3.42. The molecule has 1 unspecified atom stereocenters. The van der Waals surface area contributed by atoms with Crippen LogP contribution in [0, 0.1) is 0 Å². The van der Waals surface area contributed by atoms with Crippen molar-refractivity contribution in [2.75, 3.05) is 0 Å². The van der Waals surface area contributed by atoms with Gasteiger partial charge in [-0.2, -0.15) is 0 Å². The van der Waals surface area contributed by atoms with Crippen molar-refractivity contribution in [3.63, 3.8) is 0 Å². The van der Waals surface area contributed by atoms with Crippen LogP contribution in [0.4, 0.5) is 0 Å². The van der Waals surface area contributed by atoms with Crippen LogP contribution in [0.25, 0.3) is 11.0 Å². The van der Waals surface area contributed by atoms with Gasteiger partial charge in [0.25, 0.3) is 0 Å². The minimum Gasteiger partial charge on any atom is -0.483 e. The molecule has 1 aromatic heterocycles. The van der Waals surface area contributed by atoms with E-state index in [1.807, 2.05) is 49.4 Å². The van der Waals surface area contributed by atoms with Gasteiger partial charge in [0.05, 0.1) is 11.0 Å². The summed E-state index contributed by atoms with van der Waals surface area (Å²) in [5.41, 5.74) is 3.44. The van der Waals surface area contributed by atoms with Crippen LogP contribution in [0.15, 0.2) is 78.9 Å². The second-order valence-electron chi connectivity index (χ2n) is 6.56. The zero-order valence-corrected chi connectivity index (χ0v) is 15.9. The minimum absolute atomic E-state index is 0.172. The summed E-state index contributed by atoms with van der Waals surface area (Å²) in [6.07, 6.45) is 0.774. The highest BCUT2D eigenvalue weighted by atomic mass is 35.5. The fraction of sp³-hybridized carbons (Fsp3) is 0.174. The normalized spacial score (nSPS) is 12.2. The second kappa shape index (κ2) is 7.85. The summed E-state index contributed by atoms with van der Waals surface area (Å²) in [6.45, 7) is 2.89. The van der Waals surface area contributed by atoms with Gasteiger partial charge in [0, 0.05) is 11.6 Å². The first-order valence-corrected chi connectivity index (χ1v) is 9.50. The van der Waals surface area contributed by atoms with E-state index in [-0.39, 0.29) is 6.10 Å². The molecule has 0 aliphatic carbocycles. The Kier molecular flexibility index (Phi) is 5.12. The largest absolute Gasteiger partial charge is 0.483 e. The van der Waals surface area contributed by atoms with Gasteiger partial charge in [-0.25, -0.2) is 4.98 Å². The topological polar surface area (TPSA) is 27.1 Å². The molecule has 4 heteroatoms. The molecule has 1 atom stereocenters. The van der Waals surface area contributed by atoms with Crippen molar-refractivity contribution < 1.29 is 4.74 Å². The molecule has 136 valence electrons. The minimum atomic E-state index is -0.172. The van der Waals surface area contributed by atoms with E-state index < -0.39 is 0 Å². The molecule has 0 N–H and O–H groups in total. The number of hydrogen-bond acceptors (Lipinski definition) is 2. The zero-order chi connectivity index (χ0) is 18.6. The highest BCUT2D eigenvalue weighted by Crippen LogP contribution is 2.26. The number of fused-ring (bicyclic) bond motifs is 1. The Morgan fingerprint density at radius 2 is 1.63 bits per heavy atom. The van der Waals surface area contributed by atoms with Crippen LogP contribution >= 0.6 is 11.6 Å². The molecule has 27 heavy (non-hydrogen) atoms. The van der Waals surface area contributed by atoms with Gasteiger partial charge in [0.2, 0.25) is 0 Å². The lowest BCUT2D eigenvalue weighted by molar-refractivity contribution is 0.211. The number of aromatic nitrogens is 2. The second-order valence-corrected chi connectivity index (χ2v) is 7.00. The number of imidazole rings is 1. The Labute approximate surface area is 164 Å². The van der Waals surface area contributed by atoms with Gasteiger partial charge in [0.15, 0.2) is 11.9 Å². The first-order chi connectivity index (χ1) is 13.2. The molecule has 0 amide bonds. The van der Waals surface area contributed by atoms with E-state index >= 15 is 0 Å². The Balaban J connectivity index is 1.63. The molecule has 0 aliphatic heterocycles. The van der Waals surface area contributed by atoms with Crippen molar-refractivity contribution in [3.05, 3.63) is 95.3 Å². The number of rotatable bonds is 6. The first kappa shape index (κ1) is 17.6. The van der Waals surface area contributed by atoms with Gasteiger partial charge < -0.3 is 9.30 Å². The highest BCUT2D eigenvalue weighted by Gasteiger charge is 2.18. The predicted molar refractivity (Wildman–Crippen MR) is 110 cm³/mol. The van der Waals surface area contributed by atoms with E-state index in [4.69, 9.17) is 21.3 Å². The number of para-hydroxylation sites is 2. The molecule has 0 radical (unpaired) electrons. The van der Waals surface area contributed by atoms with Crippen LogP contribution in [0.5, 0.6) is 5.75 Å². The van der Waals surface area contributed by atoms with Crippen LogP contribution in [0.1, 0.15) is 24.4 Å². The summed E-state index contributed by atoms with van der Waals surface area (Å²) in [7, 11) is 0. The van der Waals surface area contributed by atoms with Crippen LogP contribution in [0.3, 0.4) is 0 Å². The standard InChI is InChI=1S/C23H21ClN2O/c1-17(27-20-13-11-19(24)12-14-20)23-25-21-9-5-6-10-22(21)26(23)16-15-18-7-3-2-4-8-18/h2-14,17H,15-16H2,1H3. The molecule has 4 aromatic rings. The van der Waals surface area contributed by atoms with Crippen LogP contribution in [0.2, 0.25) is 5.02 Å². The van der Waals surface area contributed by atoms with Gasteiger partial charge >= 0.3 is 0 Å². The Morgan fingerprint density at radius 1 is 0.926 bits per heavy atom. The molecule has 0 saturated carbocycles. The van der Waals surface area contributed by atoms with Crippen molar-refractivity contribution in [2.24, 2.45) is 0 Å². The number of nitrogens with zero attached hydrogens (tertiary/aromatic N) is 2. The lowest BCUT2D eigenvalue weighted by Crippen LogP contribution is -2.13. The third kappa shape index (κ3) is 3.99. The Morgan fingerprint density at radius 3 is 2.41 bits per heavy atom. The quantitative estimate of drug-likeness (QED) is 0.408. The van der Waals surface area contributed by atoms with E-state index in [9.17, 15) is 0 Å². The molecule has 3 aromatic carbocycles. The number of aryl methyl sites for hydroxylation is 2. The van der Waals surface area contributed by atoms with E-state index in [1.54, 1.807) is 0 Å². The molecule has 0 bridgehead atoms. The average molecular weight is 377 g/mol. The first-order valence-electron chi connectivity index (χ1n) is 9.12. The maximum absolute atomic E-state index is 6.14. The van der Waals surface area contributed by atoms with Crippen molar-refractivity contribution in [2.45, 2.75) is 26.0 Å². The molecule has 1 heterocycles. The van der Waals surface area contributed by atoms with E-state index in [2.05, 4.69) is 41.0 Å². The molecule has 3 nitrogen and oxygen atoms in total. The Hall–Kier alpha value is -2.78. The summed E-state index contributed by atoms with van der Waals surface area (Å²) in [5, 5.41) is 0.699. The molecular formula is C23H21ClN2O. The molecular weight excluding hydrogens is 356 g/mol. The van der Waals surface area contributed by atoms with E-state index in [0.29, 0.717) is 5.02 Å². The summed E-state index contributed by atoms with van der Waals surface area (Å²) in [5.74, 6) is 1.72. The van der Waals surface area contributed by atoms with Gasteiger partial charge in [-0.05, 0) is 55.3 Å². The predicted octanol–water partition coefficient (Wildman–Crippen LogP) is 6.07. The molecule has 4 rings (SSSR count). The molecule has 0 aliphatic rings. The highest BCUT2D eigenvalue weighted by molar-refractivity contribution is 6.30. The average Bonchev–Trinajstić information content (AvgIpc) is 3.08. The van der Waals surface area contributed by atoms with Gasteiger partial charge in [-0.15, -0.1) is 0 Å². The third-order valence-electron chi connectivity index (χ3n) is 4.64. The van der Waals surface area contributed by atoms with Gasteiger partial charge in [-0.3, -0.25) is 0 Å². The zero-order valence-electron chi connectivity index (χ0n) is 15.2. The summed E-state index contributed by atoms with van der Waals surface area (Å²) in [4.78, 5) is 4.85. The maximum Gasteiger partial charge on any atom is 0.153 e. The fourth-order valence-electron chi connectivity index (χ4n) is 3.30. The van der Waals surface area contributed by atoms with Crippen molar-refractivity contribution in [3.8, 4) is 5.75 Å². The maximum atomic E-state index is 6.14. The Bertz CT molecular complexity index is 1030. The summed E-state index contributed by atoms with van der Waals surface area (Å²) < 4.78 is 8.40. The van der Waals surface area contributed by atoms with Crippen LogP contribution < -0.4 is 4.74 Å². The lowest BCUT2D eigenvalue weighted by Gasteiger charge is -2.17. The number of halogens is 1. The molecule has 0 saturated heterocycles. The van der Waals surface area contributed by atoms with Crippen molar-refractivity contribution in [1.29, 1.82) is 0 Å². The van der Waals surface area contributed by atoms with Crippen LogP contribution in [-0.2, 0) is 13.0 Å². The number of ether oxygens (including phenoxy) is 1. The van der Waals surface area contributed by atoms with Crippen molar-refractivity contribution in [1.82, 2.24) is 9.55 Å². The summed E-state index contributed by atoms with van der Waals surface area (Å²) in [6, 6.07) is 26.2.